The molecule has 1 aliphatic heterocycles. The molecular weight excluding hydrogens is 468 g/mol. The number of fused-ring (bicyclic) bond motifs is 1. The second kappa shape index (κ2) is 11.6. The number of aromatic nitrogens is 2. The first kappa shape index (κ1) is 26.4. The highest BCUT2D eigenvalue weighted by Gasteiger charge is 2.46. The largest absolute Gasteiger partial charge is 0.505 e. The van der Waals surface area contributed by atoms with Crippen molar-refractivity contribution in [2.24, 2.45) is 0 Å². The van der Waals surface area contributed by atoms with E-state index in [0.29, 0.717) is 36.7 Å². The number of nitrogens with zero attached hydrogens (tertiary/aromatic N) is 4. The molecule has 0 aliphatic carbocycles. The SMILES string of the molecule is CCCCOc1ccc(C2C(=C(O)c3c(C)nc4ccccn34)C(=O)C(=O)N2CCN(CC)CC)cc1. The van der Waals surface area contributed by atoms with E-state index in [1.807, 2.05) is 42.5 Å². The Morgan fingerprint density at radius 1 is 1.08 bits per heavy atom. The zero-order valence-electron chi connectivity index (χ0n) is 22.1. The third-order valence-electron chi connectivity index (χ3n) is 6.98. The fourth-order valence-corrected chi connectivity index (χ4v) is 4.85. The summed E-state index contributed by atoms with van der Waals surface area (Å²) in [6.07, 6.45) is 3.80. The van der Waals surface area contributed by atoms with Gasteiger partial charge in [-0.2, -0.15) is 0 Å². The van der Waals surface area contributed by atoms with E-state index in [9.17, 15) is 14.7 Å². The number of Topliss-reactive ketones (excluding diaryl/α,β-unsaturated/α-hetero) is 1. The van der Waals surface area contributed by atoms with E-state index >= 15 is 0 Å². The van der Waals surface area contributed by atoms with E-state index < -0.39 is 17.7 Å². The second-order valence-corrected chi connectivity index (χ2v) is 9.27. The average Bonchev–Trinajstić information content (AvgIpc) is 3.37. The summed E-state index contributed by atoms with van der Waals surface area (Å²) in [5, 5.41) is 11.6. The lowest BCUT2D eigenvalue weighted by Crippen LogP contribution is -2.38. The van der Waals surface area contributed by atoms with Gasteiger partial charge in [-0.05, 0) is 56.3 Å². The molecule has 1 N–H and O–H groups in total. The highest BCUT2D eigenvalue weighted by molar-refractivity contribution is 6.46. The highest BCUT2D eigenvalue weighted by Crippen LogP contribution is 2.40. The monoisotopic (exact) mass is 504 g/mol. The summed E-state index contributed by atoms with van der Waals surface area (Å²) >= 11 is 0. The Balaban J connectivity index is 1.80. The molecule has 196 valence electrons. The number of ketones is 1. The predicted molar refractivity (Wildman–Crippen MR) is 144 cm³/mol. The number of hydrogen-bond acceptors (Lipinski definition) is 6. The van der Waals surface area contributed by atoms with Gasteiger partial charge in [0.15, 0.2) is 5.76 Å². The summed E-state index contributed by atoms with van der Waals surface area (Å²) < 4.78 is 7.56. The minimum atomic E-state index is -0.714. The molecule has 1 aromatic carbocycles. The van der Waals surface area contributed by atoms with E-state index in [1.165, 1.54) is 0 Å². The van der Waals surface area contributed by atoms with Crippen LogP contribution in [-0.2, 0) is 9.59 Å². The lowest BCUT2D eigenvalue weighted by Gasteiger charge is -2.28. The molecule has 0 spiro atoms. The van der Waals surface area contributed by atoms with E-state index in [4.69, 9.17) is 4.74 Å². The quantitative estimate of drug-likeness (QED) is 0.178. The van der Waals surface area contributed by atoms with Crippen LogP contribution in [0.25, 0.3) is 11.4 Å². The van der Waals surface area contributed by atoms with Crippen molar-refractivity contribution in [2.75, 3.05) is 32.8 Å². The van der Waals surface area contributed by atoms with Crippen molar-refractivity contribution < 1.29 is 19.4 Å². The van der Waals surface area contributed by atoms with Gasteiger partial charge < -0.3 is 19.6 Å². The Morgan fingerprint density at radius 3 is 2.49 bits per heavy atom. The van der Waals surface area contributed by atoms with Crippen LogP contribution in [-0.4, -0.2) is 68.8 Å². The van der Waals surface area contributed by atoms with Gasteiger partial charge in [-0.25, -0.2) is 4.98 Å². The molecule has 1 unspecified atom stereocenters. The molecule has 1 aliphatic rings. The number of likely N-dealkylation sites (tertiary alicyclic amines) is 1. The Labute approximate surface area is 218 Å². The molecule has 4 rings (SSSR count). The van der Waals surface area contributed by atoms with Crippen LogP contribution in [0.4, 0.5) is 0 Å². The second-order valence-electron chi connectivity index (χ2n) is 9.27. The third-order valence-corrected chi connectivity index (χ3v) is 6.98. The normalized spacial score (nSPS) is 17.3. The minimum absolute atomic E-state index is 0.0814. The summed E-state index contributed by atoms with van der Waals surface area (Å²) in [5.74, 6) is -0.771. The first-order valence-corrected chi connectivity index (χ1v) is 13.1. The maximum absolute atomic E-state index is 13.4. The minimum Gasteiger partial charge on any atom is -0.505 e. The van der Waals surface area contributed by atoms with Gasteiger partial charge in [0, 0.05) is 19.3 Å². The number of benzene rings is 1. The van der Waals surface area contributed by atoms with Crippen LogP contribution in [0.1, 0.15) is 56.6 Å². The van der Waals surface area contributed by atoms with Crippen molar-refractivity contribution in [1.29, 1.82) is 0 Å². The number of imidazole rings is 1. The highest BCUT2D eigenvalue weighted by atomic mass is 16.5. The number of amides is 1. The number of ether oxygens (including phenoxy) is 1. The lowest BCUT2D eigenvalue weighted by molar-refractivity contribution is -0.140. The van der Waals surface area contributed by atoms with Crippen LogP contribution in [0.2, 0.25) is 0 Å². The van der Waals surface area contributed by atoms with Crippen molar-refractivity contribution in [1.82, 2.24) is 19.2 Å². The number of carbonyl (C=O) groups is 2. The Morgan fingerprint density at radius 2 is 1.81 bits per heavy atom. The standard InChI is InChI=1S/C29H36N4O4/c1-5-8-19-37-22-14-12-21(13-15-22)26-24(28(35)29(36)33(26)18-17-31(6-2)7-3)27(34)25-20(4)30-23-11-9-10-16-32(23)25/h9-16,26,34H,5-8,17-19H2,1-4H3. The third kappa shape index (κ3) is 5.25. The zero-order valence-corrected chi connectivity index (χ0v) is 22.1. The molecule has 3 aromatic rings. The molecule has 1 fully saturated rings. The number of rotatable bonds is 11. The zero-order chi connectivity index (χ0) is 26.5. The molecule has 3 heterocycles. The summed E-state index contributed by atoms with van der Waals surface area (Å²) in [5.41, 5.74) is 2.48. The van der Waals surface area contributed by atoms with Crippen LogP contribution < -0.4 is 4.74 Å². The van der Waals surface area contributed by atoms with Crippen LogP contribution in [0.5, 0.6) is 5.75 Å². The van der Waals surface area contributed by atoms with E-state index in [1.54, 1.807) is 22.4 Å². The van der Waals surface area contributed by atoms with Crippen LogP contribution in [0.15, 0.2) is 54.2 Å². The Bertz CT molecular complexity index is 1290. The van der Waals surface area contributed by atoms with Gasteiger partial charge in [0.25, 0.3) is 11.7 Å². The fourth-order valence-electron chi connectivity index (χ4n) is 4.85. The number of aliphatic hydroxyl groups excluding tert-OH is 1. The van der Waals surface area contributed by atoms with Crippen molar-refractivity contribution in [3.63, 3.8) is 0 Å². The molecule has 0 bridgehead atoms. The number of carbonyl (C=O) groups excluding carboxylic acids is 2. The Hall–Kier alpha value is -3.65. The summed E-state index contributed by atoms with van der Waals surface area (Å²) in [6.45, 7) is 11.4. The maximum Gasteiger partial charge on any atom is 0.295 e. The van der Waals surface area contributed by atoms with Crippen molar-refractivity contribution in [2.45, 2.75) is 46.6 Å². The van der Waals surface area contributed by atoms with E-state index in [-0.39, 0.29) is 11.3 Å². The van der Waals surface area contributed by atoms with Gasteiger partial charge in [0.1, 0.15) is 17.1 Å². The number of aliphatic hydroxyl groups is 1. The van der Waals surface area contributed by atoms with E-state index in [0.717, 1.165) is 37.2 Å². The first-order valence-electron chi connectivity index (χ1n) is 13.1. The lowest BCUT2D eigenvalue weighted by atomic mass is 9.96. The number of unbranched alkanes of at least 4 members (excludes halogenated alkanes) is 1. The smallest absolute Gasteiger partial charge is 0.295 e. The maximum atomic E-state index is 13.4. The first-order chi connectivity index (χ1) is 17.9. The van der Waals surface area contributed by atoms with Crippen molar-refractivity contribution in [3.8, 4) is 5.75 Å². The molecule has 37 heavy (non-hydrogen) atoms. The summed E-state index contributed by atoms with van der Waals surface area (Å²) in [6, 6.07) is 12.3. The van der Waals surface area contributed by atoms with Crippen molar-refractivity contribution >= 4 is 23.1 Å². The number of hydrogen-bond donors (Lipinski definition) is 1. The van der Waals surface area contributed by atoms with Gasteiger partial charge in [0.2, 0.25) is 0 Å². The van der Waals surface area contributed by atoms with Crippen LogP contribution in [0.3, 0.4) is 0 Å². The molecule has 1 amide bonds. The topological polar surface area (TPSA) is 87.4 Å². The molecule has 0 radical (unpaired) electrons. The molecule has 1 saturated heterocycles. The molecule has 8 heteroatoms. The predicted octanol–water partition coefficient (Wildman–Crippen LogP) is 4.59. The number of pyridine rings is 1. The van der Waals surface area contributed by atoms with Crippen LogP contribution >= 0.6 is 0 Å². The van der Waals surface area contributed by atoms with Crippen LogP contribution in [0, 0.1) is 6.92 Å². The fraction of sp³-hybridized carbons (Fsp3) is 0.414. The Kier molecular flexibility index (Phi) is 8.28. The molecule has 0 saturated carbocycles. The molecule has 2 aromatic heterocycles. The van der Waals surface area contributed by atoms with Crippen molar-refractivity contribution in [3.05, 3.63) is 71.2 Å². The molecule has 8 nitrogen and oxygen atoms in total. The average molecular weight is 505 g/mol. The number of aryl methyl sites for hydroxylation is 1. The number of likely N-dealkylation sites (N-methyl/N-ethyl adjacent to an activating group) is 1. The van der Waals surface area contributed by atoms with E-state index in [2.05, 4.69) is 30.7 Å². The van der Waals surface area contributed by atoms with Gasteiger partial charge in [-0.1, -0.05) is 45.4 Å². The van der Waals surface area contributed by atoms with Gasteiger partial charge in [-0.3, -0.25) is 14.0 Å². The van der Waals surface area contributed by atoms with Gasteiger partial charge >= 0.3 is 0 Å². The molecule has 1 atom stereocenters. The van der Waals surface area contributed by atoms with Gasteiger partial charge in [-0.15, -0.1) is 0 Å². The molecular formula is C29H36N4O4. The van der Waals surface area contributed by atoms with Gasteiger partial charge in [0.05, 0.1) is 23.9 Å². The summed E-state index contributed by atoms with van der Waals surface area (Å²) in [4.78, 5) is 35.1. The summed E-state index contributed by atoms with van der Waals surface area (Å²) in [7, 11) is 0.